The lowest BCUT2D eigenvalue weighted by Gasteiger charge is -2.19. The van der Waals surface area contributed by atoms with Gasteiger partial charge >= 0.3 is 0 Å². The summed E-state index contributed by atoms with van der Waals surface area (Å²) in [4.78, 5) is 0. The minimum Gasteiger partial charge on any atom is -0.381 e. The van der Waals surface area contributed by atoms with Gasteiger partial charge in [-0.05, 0) is 31.6 Å². The third-order valence-corrected chi connectivity index (χ3v) is 2.95. The molecular formula is C13H26N2O. The van der Waals surface area contributed by atoms with Gasteiger partial charge in [0, 0.05) is 13.2 Å². The second kappa shape index (κ2) is 8.55. The first-order chi connectivity index (χ1) is 7.58. The molecule has 0 saturated carbocycles. The third-order valence-electron chi connectivity index (χ3n) is 2.95. The van der Waals surface area contributed by atoms with Gasteiger partial charge in [0.15, 0.2) is 0 Å². The van der Waals surface area contributed by atoms with E-state index in [0.29, 0.717) is 18.9 Å². The van der Waals surface area contributed by atoms with E-state index < -0.39 is 5.54 Å². The Labute approximate surface area is 100.0 Å². The fraction of sp³-hybridized carbons (Fsp3) is 0.923. The maximum atomic E-state index is 8.88. The van der Waals surface area contributed by atoms with Crippen molar-refractivity contribution in [2.75, 3.05) is 13.2 Å². The summed E-state index contributed by atoms with van der Waals surface area (Å²) in [5.41, 5.74) is 5.22. The molecule has 2 N–H and O–H groups in total. The Balaban J connectivity index is 3.50. The number of hydrogen-bond donors (Lipinski definition) is 1. The second-order valence-corrected chi connectivity index (χ2v) is 4.69. The van der Waals surface area contributed by atoms with Crippen LogP contribution in [0.2, 0.25) is 0 Å². The standard InChI is InChI=1S/C13H26N2O/c1-4-7-12(3)10-16-9-6-8-13(15,5-2)11-14/h12H,4-10,15H2,1-3H3. The third kappa shape index (κ3) is 6.81. The number of ether oxygens (including phenoxy) is 1. The number of nitrogens with zero attached hydrogens (tertiary/aromatic N) is 1. The maximum Gasteiger partial charge on any atom is 0.104 e. The Kier molecular flexibility index (Phi) is 8.23. The average molecular weight is 226 g/mol. The van der Waals surface area contributed by atoms with Crippen molar-refractivity contribution >= 4 is 0 Å². The number of nitrogens with two attached hydrogens (primary N) is 1. The highest BCUT2D eigenvalue weighted by atomic mass is 16.5. The van der Waals surface area contributed by atoms with Gasteiger partial charge in [0.25, 0.3) is 0 Å². The molecule has 94 valence electrons. The van der Waals surface area contributed by atoms with Crippen LogP contribution >= 0.6 is 0 Å². The molecule has 0 fully saturated rings. The fourth-order valence-corrected chi connectivity index (χ4v) is 1.66. The van der Waals surface area contributed by atoms with E-state index >= 15 is 0 Å². The predicted molar refractivity (Wildman–Crippen MR) is 66.9 cm³/mol. The molecule has 0 amide bonds. The molecule has 0 heterocycles. The topological polar surface area (TPSA) is 59.0 Å². The van der Waals surface area contributed by atoms with Crippen molar-refractivity contribution < 1.29 is 4.74 Å². The molecule has 0 aromatic rings. The largest absolute Gasteiger partial charge is 0.381 e. The normalized spacial score (nSPS) is 16.4. The quantitative estimate of drug-likeness (QED) is 0.615. The van der Waals surface area contributed by atoms with Crippen LogP contribution < -0.4 is 5.73 Å². The van der Waals surface area contributed by atoms with Crippen molar-refractivity contribution in [1.29, 1.82) is 5.26 Å². The summed E-state index contributed by atoms with van der Waals surface area (Å²) >= 11 is 0. The van der Waals surface area contributed by atoms with Crippen molar-refractivity contribution in [1.82, 2.24) is 0 Å². The highest BCUT2D eigenvalue weighted by Gasteiger charge is 2.20. The average Bonchev–Trinajstić information content (AvgIpc) is 2.28. The molecule has 0 aromatic heterocycles. The van der Waals surface area contributed by atoms with Crippen LogP contribution in [0.3, 0.4) is 0 Å². The van der Waals surface area contributed by atoms with Crippen LogP contribution in [0.1, 0.15) is 52.9 Å². The van der Waals surface area contributed by atoms with E-state index in [1.807, 2.05) is 6.92 Å². The van der Waals surface area contributed by atoms with Crippen LogP contribution in [0.5, 0.6) is 0 Å². The zero-order valence-electron chi connectivity index (χ0n) is 11.0. The molecule has 0 aliphatic rings. The van der Waals surface area contributed by atoms with E-state index in [4.69, 9.17) is 15.7 Å². The summed E-state index contributed by atoms with van der Waals surface area (Å²) in [6.45, 7) is 7.89. The van der Waals surface area contributed by atoms with Crippen LogP contribution in [0.25, 0.3) is 0 Å². The molecule has 0 spiro atoms. The SMILES string of the molecule is CCCC(C)COCCCC(N)(C#N)CC. The summed E-state index contributed by atoms with van der Waals surface area (Å²) in [5, 5.41) is 8.88. The predicted octanol–water partition coefficient (Wildman–Crippen LogP) is 2.85. The summed E-state index contributed by atoms with van der Waals surface area (Å²) in [5.74, 6) is 0.634. The van der Waals surface area contributed by atoms with Crippen molar-refractivity contribution in [3.8, 4) is 6.07 Å². The van der Waals surface area contributed by atoms with Gasteiger partial charge in [-0.15, -0.1) is 0 Å². The van der Waals surface area contributed by atoms with E-state index in [9.17, 15) is 0 Å². The van der Waals surface area contributed by atoms with Crippen LogP contribution in [-0.2, 0) is 4.74 Å². The van der Waals surface area contributed by atoms with Gasteiger partial charge < -0.3 is 10.5 Å². The smallest absolute Gasteiger partial charge is 0.104 e. The van der Waals surface area contributed by atoms with E-state index in [1.54, 1.807) is 0 Å². The highest BCUT2D eigenvalue weighted by molar-refractivity contribution is 5.03. The fourth-order valence-electron chi connectivity index (χ4n) is 1.66. The molecule has 0 aliphatic carbocycles. The molecule has 0 aromatic carbocycles. The van der Waals surface area contributed by atoms with Gasteiger partial charge in [0.05, 0.1) is 6.07 Å². The molecule has 0 saturated heterocycles. The summed E-state index contributed by atoms with van der Waals surface area (Å²) in [7, 11) is 0. The lowest BCUT2D eigenvalue weighted by Crippen LogP contribution is -2.37. The summed E-state index contributed by atoms with van der Waals surface area (Å²) in [6.07, 6.45) is 4.73. The molecule has 2 atom stereocenters. The summed E-state index contributed by atoms with van der Waals surface area (Å²) < 4.78 is 5.57. The van der Waals surface area contributed by atoms with Gasteiger partial charge in [-0.25, -0.2) is 0 Å². The van der Waals surface area contributed by atoms with Gasteiger partial charge in [0.1, 0.15) is 5.54 Å². The lowest BCUT2D eigenvalue weighted by molar-refractivity contribution is 0.0961. The number of rotatable bonds is 9. The number of nitriles is 1. The first-order valence-electron chi connectivity index (χ1n) is 6.35. The first-order valence-corrected chi connectivity index (χ1v) is 6.35. The van der Waals surface area contributed by atoms with Crippen molar-refractivity contribution in [3.63, 3.8) is 0 Å². The van der Waals surface area contributed by atoms with Gasteiger partial charge in [0.2, 0.25) is 0 Å². The zero-order valence-corrected chi connectivity index (χ0v) is 11.0. The molecule has 0 aliphatic heterocycles. The summed E-state index contributed by atoms with van der Waals surface area (Å²) in [6, 6.07) is 2.17. The monoisotopic (exact) mass is 226 g/mol. The van der Waals surface area contributed by atoms with Crippen LogP contribution in [0.4, 0.5) is 0 Å². The maximum absolute atomic E-state index is 8.88. The second-order valence-electron chi connectivity index (χ2n) is 4.69. The Morgan fingerprint density at radius 2 is 2.12 bits per heavy atom. The number of hydrogen-bond acceptors (Lipinski definition) is 3. The van der Waals surface area contributed by atoms with E-state index in [1.165, 1.54) is 12.8 Å². The van der Waals surface area contributed by atoms with Crippen LogP contribution in [0.15, 0.2) is 0 Å². The van der Waals surface area contributed by atoms with Crippen molar-refractivity contribution in [3.05, 3.63) is 0 Å². The Morgan fingerprint density at radius 1 is 1.44 bits per heavy atom. The van der Waals surface area contributed by atoms with Gasteiger partial charge in [-0.3, -0.25) is 0 Å². The van der Waals surface area contributed by atoms with E-state index in [0.717, 1.165) is 19.4 Å². The molecule has 3 heteroatoms. The van der Waals surface area contributed by atoms with E-state index in [2.05, 4.69) is 19.9 Å². The van der Waals surface area contributed by atoms with Crippen LogP contribution in [-0.4, -0.2) is 18.8 Å². The molecule has 2 unspecified atom stereocenters. The molecular weight excluding hydrogens is 200 g/mol. The lowest BCUT2D eigenvalue weighted by atomic mass is 9.94. The minimum absolute atomic E-state index is 0.634. The molecule has 0 rings (SSSR count). The Hall–Kier alpha value is -0.590. The van der Waals surface area contributed by atoms with Gasteiger partial charge in [-0.2, -0.15) is 5.26 Å². The van der Waals surface area contributed by atoms with E-state index in [-0.39, 0.29) is 0 Å². The first kappa shape index (κ1) is 15.4. The van der Waals surface area contributed by atoms with Crippen molar-refractivity contribution in [2.45, 2.75) is 58.4 Å². The molecule has 16 heavy (non-hydrogen) atoms. The van der Waals surface area contributed by atoms with Crippen molar-refractivity contribution in [2.24, 2.45) is 11.7 Å². The molecule has 0 bridgehead atoms. The van der Waals surface area contributed by atoms with Gasteiger partial charge in [-0.1, -0.05) is 27.2 Å². The zero-order chi connectivity index (χ0) is 12.4. The Morgan fingerprint density at radius 3 is 2.62 bits per heavy atom. The highest BCUT2D eigenvalue weighted by Crippen LogP contribution is 2.13. The van der Waals surface area contributed by atoms with Crippen LogP contribution in [0, 0.1) is 17.2 Å². The molecule has 3 nitrogen and oxygen atoms in total. The Bertz CT molecular complexity index is 212. The molecule has 0 radical (unpaired) electrons. The minimum atomic E-state index is -0.654.